The quantitative estimate of drug-likeness (QED) is 0.427. The molecule has 162 valence electrons. The first-order chi connectivity index (χ1) is 15.6. The molecule has 5 rings (SSSR count). The highest BCUT2D eigenvalue weighted by atomic mass is 19.1. The van der Waals surface area contributed by atoms with Crippen molar-refractivity contribution in [2.75, 3.05) is 0 Å². The third-order valence-corrected chi connectivity index (χ3v) is 6.33. The highest BCUT2D eigenvalue weighted by molar-refractivity contribution is 5.94. The number of hydrogen-bond acceptors (Lipinski definition) is 4. The summed E-state index contributed by atoms with van der Waals surface area (Å²) < 4.78 is 41.4. The van der Waals surface area contributed by atoms with E-state index in [1.54, 1.807) is 28.6 Å². The van der Waals surface area contributed by atoms with Crippen LogP contribution >= 0.6 is 0 Å². The summed E-state index contributed by atoms with van der Waals surface area (Å²) in [5.41, 5.74) is 4.31. The minimum Gasteiger partial charge on any atom is -0.361 e. The standard InChI is InChI=1S/C24H28FN5O/c1-15-22(16(2)31-28-15)18-9-21-23(26-10-18)20(19-11-27-29(4)13-19)14-30(21)12-17-5-7-24(3,25)8-6-17/h9-11,13-14,17H,5-8,12H2,1-4H3/i12D2. The molecule has 0 amide bonds. The van der Waals surface area contributed by atoms with Gasteiger partial charge in [-0.3, -0.25) is 9.67 Å². The second kappa shape index (κ2) is 7.32. The maximum absolute atomic E-state index is 14.4. The van der Waals surface area contributed by atoms with Gasteiger partial charge in [0.15, 0.2) is 0 Å². The number of halogens is 1. The van der Waals surface area contributed by atoms with Crippen LogP contribution in [0.5, 0.6) is 0 Å². The molecule has 0 bridgehead atoms. The molecule has 1 aliphatic rings. The highest BCUT2D eigenvalue weighted by Gasteiger charge is 2.31. The molecule has 0 aromatic carbocycles. The molecule has 4 heterocycles. The zero-order chi connectivity index (χ0) is 23.5. The zero-order valence-corrected chi connectivity index (χ0v) is 18.3. The van der Waals surface area contributed by atoms with Crippen LogP contribution in [0.3, 0.4) is 0 Å². The summed E-state index contributed by atoms with van der Waals surface area (Å²) in [5, 5.41) is 8.34. The first-order valence-corrected chi connectivity index (χ1v) is 10.7. The summed E-state index contributed by atoms with van der Waals surface area (Å²) in [4.78, 5) is 4.75. The number of aromatic nitrogens is 5. The van der Waals surface area contributed by atoms with Gasteiger partial charge in [-0.2, -0.15) is 5.10 Å². The Morgan fingerprint density at radius 2 is 2.00 bits per heavy atom. The van der Waals surface area contributed by atoms with Gasteiger partial charge in [-0.05, 0) is 58.4 Å². The lowest BCUT2D eigenvalue weighted by molar-refractivity contribution is 0.0985. The molecule has 1 aliphatic carbocycles. The molecular formula is C24H28FN5O. The highest BCUT2D eigenvalue weighted by Crippen LogP contribution is 2.38. The molecule has 4 aromatic heterocycles. The Hall–Kier alpha value is -2.96. The van der Waals surface area contributed by atoms with Crippen molar-refractivity contribution in [3.8, 4) is 22.3 Å². The van der Waals surface area contributed by atoms with Crippen LogP contribution < -0.4 is 0 Å². The number of nitrogens with zero attached hydrogens (tertiary/aromatic N) is 5. The summed E-state index contributed by atoms with van der Waals surface area (Å²) >= 11 is 0. The second-order valence-electron chi connectivity index (χ2n) is 8.92. The lowest BCUT2D eigenvalue weighted by Gasteiger charge is -2.31. The van der Waals surface area contributed by atoms with Crippen LogP contribution in [0.2, 0.25) is 0 Å². The van der Waals surface area contributed by atoms with Gasteiger partial charge in [0.1, 0.15) is 11.4 Å². The normalized spacial score (nSPS) is 23.2. The Morgan fingerprint density at radius 1 is 1.23 bits per heavy atom. The Labute approximate surface area is 183 Å². The predicted octanol–water partition coefficient (Wildman–Crippen LogP) is 5.63. The molecule has 1 saturated carbocycles. The van der Waals surface area contributed by atoms with Crippen molar-refractivity contribution in [3.63, 3.8) is 0 Å². The molecule has 1 fully saturated rings. The van der Waals surface area contributed by atoms with Crippen molar-refractivity contribution in [1.82, 2.24) is 24.5 Å². The number of fused-ring (bicyclic) bond motifs is 1. The third kappa shape index (κ3) is 3.66. The first kappa shape index (κ1) is 17.7. The fourth-order valence-electron chi connectivity index (χ4n) is 4.56. The van der Waals surface area contributed by atoms with Crippen LogP contribution in [-0.4, -0.2) is 30.2 Å². The zero-order valence-electron chi connectivity index (χ0n) is 20.3. The van der Waals surface area contributed by atoms with E-state index >= 15 is 0 Å². The van der Waals surface area contributed by atoms with E-state index < -0.39 is 12.2 Å². The fraction of sp³-hybridized carbons (Fsp3) is 0.458. The van der Waals surface area contributed by atoms with E-state index in [0.29, 0.717) is 42.5 Å². The number of alkyl halides is 1. The van der Waals surface area contributed by atoms with Gasteiger partial charge in [-0.25, -0.2) is 4.39 Å². The number of rotatable bonds is 4. The molecule has 0 unspecified atom stereocenters. The summed E-state index contributed by atoms with van der Waals surface area (Å²) in [5.74, 6) is 0.401. The lowest BCUT2D eigenvalue weighted by Crippen LogP contribution is -2.27. The smallest absolute Gasteiger partial charge is 0.141 e. The van der Waals surface area contributed by atoms with Crippen molar-refractivity contribution < 1.29 is 11.7 Å². The van der Waals surface area contributed by atoms with Gasteiger partial charge in [0.25, 0.3) is 0 Å². The Balaban J connectivity index is 1.68. The van der Waals surface area contributed by atoms with Crippen molar-refractivity contribution in [1.29, 1.82) is 0 Å². The minimum atomic E-state index is -1.70. The Bertz CT molecular complexity index is 1310. The maximum Gasteiger partial charge on any atom is 0.141 e. The summed E-state index contributed by atoms with van der Waals surface area (Å²) in [6.45, 7) is 3.65. The summed E-state index contributed by atoms with van der Waals surface area (Å²) in [6.07, 6.45) is 9.00. The summed E-state index contributed by atoms with van der Waals surface area (Å²) in [7, 11) is 1.85. The summed E-state index contributed by atoms with van der Waals surface area (Å²) in [6, 6.07) is 1.95. The second-order valence-corrected chi connectivity index (χ2v) is 8.92. The Kier molecular flexibility index (Phi) is 4.18. The molecule has 0 saturated heterocycles. The van der Waals surface area contributed by atoms with E-state index in [-0.39, 0.29) is 5.92 Å². The van der Waals surface area contributed by atoms with Gasteiger partial charge in [0.05, 0.1) is 25.7 Å². The molecule has 7 heteroatoms. The van der Waals surface area contributed by atoms with Gasteiger partial charge in [-0.15, -0.1) is 0 Å². The molecule has 6 nitrogen and oxygen atoms in total. The van der Waals surface area contributed by atoms with Gasteiger partial charge >= 0.3 is 0 Å². The third-order valence-electron chi connectivity index (χ3n) is 6.33. The molecular weight excluding hydrogens is 393 g/mol. The van der Waals surface area contributed by atoms with Crippen LogP contribution in [0, 0.1) is 19.8 Å². The van der Waals surface area contributed by atoms with E-state index in [2.05, 4.69) is 10.3 Å². The molecule has 0 atom stereocenters. The predicted molar refractivity (Wildman–Crippen MR) is 118 cm³/mol. The minimum absolute atomic E-state index is 0.290. The average molecular weight is 424 g/mol. The number of aryl methyl sites for hydroxylation is 3. The monoisotopic (exact) mass is 423 g/mol. The molecule has 0 aliphatic heterocycles. The van der Waals surface area contributed by atoms with E-state index in [0.717, 1.165) is 27.9 Å². The van der Waals surface area contributed by atoms with Crippen LogP contribution in [0.15, 0.2) is 35.4 Å². The maximum atomic E-state index is 14.4. The van der Waals surface area contributed by atoms with Crippen molar-refractivity contribution in [2.45, 2.75) is 58.6 Å². The first-order valence-electron chi connectivity index (χ1n) is 11.7. The van der Waals surface area contributed by atoms with Gasteiger partial charge in [0, 0.05) is 54.4 Å². The molecule has 31 heavy (non-hydrogen) atoms. The van der Waals surface area contributed by atoms with Crippen molar-refractivity contribution >= 4 is 11.0 Å². The van der Waals surface area contributed by atoms with Crippen LogP contribution in [0.1, 0.15) is 46.8 Å². The number of pyridine rings is 1. The van der Waals surface area contributed by atoms with Gasteiger partial charge < -0.3 is 9.09 Å². The van der Waals surface area contributed by atoms with Crippen LogP contribution in [0.4, 0.5) is 4.39 Å². The van der Waals surface area contributed by atoms with Gasteiger partial charge in [0.2, 0.25) is 0 Å². The molecule has 4 aromatic rings. The van der Waals surface area contributed by atoms with Crippen LogP contribution in [-0.2, 0) is 13.5 Å². The van der Waals surface area contributed by atoms with E-state index in [9.17, 15) is 4.39 Å². The van der Waals surface area contributed by atoms with Gasteiger partial charge in [-0.1, -0.05) is 5.16 Å². The van der Waals surface area contributed by atoms with E-state index in [1.807, 2.05) is 39.4 Å². The largest absolute Gasteiger partial charge is 0.361 e. The lowest BCUT2D eigenvalue weighted by atomic mass is 9.81. The van der Waals surface area contributed by atoms with Crippen molar-refractivity contribution in [2.24, 2.45) is 13.0 Å². The van der Waals surface area contributed by atoms with E-state index in [1.165, 1.54) is 0 Å². The number of hydrogen-bond donors (Lipinski definition) is 0. The topological polar surface area (TPSA) is 61.7 Å². The molecule has 0 N–H and O–H groups in total. The Morgan fingerprint density at radius 3 is 2.65 bits per heavy atom. The average Bonchev–Trinajstić information content (AvgIpc) is 3.44. The van der Waals surface area contributed by atoms with Crippen molar-refractivity contribution in [3.05, 3.63) is 42.3 Å². The van der Waals surface area contributed by atoms with Crippen LogP contribution in [0.25, 0.3) is 33.3 Å². The SMILES string of the molecule is [2H]C([2H])(C1CCC(C)(F)CC1)n1cc(-c2cnn(C)c2)c2ncc(-c3c(C)noc3C)cc21. The van der Waals surface area contributed by atoms with E-state index in [4.69, 9.17) is 12.2 Å². The fourth-order valence-corrected chi connectivity index (χ4v) is 4.56. The molecule has 0 radical (unpaired) electrons. The molecule has 0 spiro atoms.